The molecule has 1 atom stereocenters. The minimum Gasteiger partial charge on any atom is -0.345 e. The number of amides is 1. The van der Waals surface area contributed by atoms with Crippen molar-refractivity contribution in [2.24, 2.45) is 17.6 Å². The van der Waals surface area contributed by atoms with Crippen LogP contribution in [-0.2, 0) is 11.2 Å². The van der Waals surface area contributed by atoms with Crippen LogP contribution >= 0.6 is 11.3 Å². The van der Waals surface area contributed by atoms with Gasteiger partial charge in [-0.15, -0.1) is 11.3 Å². The maximum atomic E-state index is 12.1. The van der Waals surface area contributed by atoms with E-state index < -0.39 is 0 Å². The molecule has 0 saturated heterocycles. The lowest BCUT2D eigenvalue weighted by Crippen LogP contribution is -2.32. The summed E-state index contributed by atoms with van der Waals surface area (Å²) in [7, 11) is 1.89. The van der Waals surface area contributed by atoms with Crippen molar-refractivity contribution in [1.29, 1.82) is 0 Å². The molecule has 0 fully saturated rings. The second kappa shape index (κ2) is 8.33. The molecule has 0 saturated carbocycles. The molecule has 1 aromatic heterocycles. The molecule has 19 heavy (non-hydrogen) atoms. The van der Waals surface area contributed by atoms with E-state index in [4.69, 9.17) is 5.73 Å². The van der Waals surface area contributed by atoms with Crippen LogP contribution < -0.4 is 5.73 Å². The Kier molecular flexibility index (Phi) is 7.10. The van der Waals surface area contributed by atoms with Crippen LogP contribution in [-0.4, -0.2) is 30.9 Å². The lowest BCUT2D eigenvalue weighted by Gasteiger charge is -2.21. The van der Waals surface area contributed by atoms with Crippen molar-refractivity contribution < 1.29 is 4.79 Å². The molecule has 0 radical (unpaired) electrons. The molecule has 0 aliphatic carbocycles. The van der Waals surface area contributed by atoms with E-state index in [0.717, 1.165) is 19.4 Å². The van der Waals surface area contributed by atoms with Gasteiger partial charge >= 0.3 is 0 Å². The number of nitrogens with two attached hydrogens (primary N) is 1. The lowest BCUT2D eigenvalue weighted by atomic mass is 9.94. The van der Waals surface area contributed by atoms with E-state index in [-0.39, 0.29) is 5.91 Å². The average molecular weight is 282 g/mol. The molecule has 4 heteroatoms. The molecular weight excluding hydrogens is 256 g/mol. The normalized spacial score (nSPS) is 12.7. The fourth-order valence-corrected chi connectivity index (χ4v) is 2.89. The quantitative estimate of drug-likeness (QED) is 0.797. The minimum absolute atomic E-state index is 0.215. The van der Waals surface area contributed by atoms with Crippen molar-refractivity contribution in [3.8, 4) is 0 Å². The van der Waals surface area contributed by atoms with E-state index in [1.54, 1.807) is 11.3 Å². The average Bonchev–Trinajstić information content (AvgIpc) is 2.87. The molecule has 1 unspecified atom stereocenters. The van der Waals surface area contributed by atoms with Gasteiger partial charge in [0.05, 0.1) is 0 Å². The topological polar surface area (TPSA) is 46.3 Å². The number of thiophene rings is 1. The maximum Gasteiger partial charge on any atom is 0.222 e. The largest absolute Gasteiger partial charge is 0.345 e. The first kappa shape index (κ1) is 16.2. The van der Waals surface area contributed by atoms with E-state index in [1.807, 2.05) is 11.9 Å². The van der Waals surface area contributed by atoms with Crippen LogP contribution in [0.2, 0.25) is 0 Å². The second-order valence-corrected chi connectivity index (χ2v) is 6.61. The smallest absolute Gasteiger partial charge is 0.222 e. The van der Waals surface area contributed by atoms with Gasteiger partial charge in [0.2, 0.25) is 5.91 Å². The summed E-state index contributed by atoms with van der Waals surface area (Å²) in [5.74, 6) is 1.13. The highest BCUT2D eigenvalue weighted by atomic mass is 32.1. The van der Waals surface area contributed by atoms with E-state index >= 15 is 0 Å². The molecule has 1 aromatic rings. The zero-order valence-corrected chi connectivity index (χ0v) is 13.1. The Morgan fingerprint density at radius 3 is 2.74 bits per heavy atom. The second-order valence-electron chi connectivity index (χ2n) is 5.58. The Balaban J connectivity index is 2.34. The van der Waals surface area contributed by atoms with Crippen LogP contribution in [0.25, 0.3) is 0 Å². The first-order valence-corrected chi connectivity index (χ1v) is 7.87. The van der Waals surface area contributed by atoms with Crippen molar-refractivity contribution in [3.05, 3.63) is 22.4 Å². The van der Waals surface area contributed by atoms with Crippen molar-refractivity contribution in [1.82, 2.24) is 4.90 Å². The zero-order valence-electron chi connectivity index (χ0n) is 12.3. The maximum absolute atomic E-state index is 12.1. The van der Waals surface area contributed by atoms with Crippen molar-refractivity contribution >= 4 is 17.2 Å². The molecule has 1 amide bonds. The van der Waals surface area contributed by atoms with Gasteiger partial charge in [-0.25, -0.2) is 0 Å². The molecule has 0 aliphatic heterocycles. The fraction of sp³-hybridized carbons (Fsp3) is 0.667. The third-order valence-electron chi connectivity index (χ3n) is 3.30. The number of likely N-dealkylation sites (N-methyl/N-ethyl adjacent to an activating group) is 1. The molecule has 2 N–H and O–H groups in total. The molecular formula is C15H26N2OS. The Morgan fingerprint density at radius 1 is 1.47 bits per heavy atom. The molecule has 1 rings (SSSR count). The van der Waals surface area contributed by atoms with Gasteiger partial charge in [-0.1, -0.05) is 19.9 Å². The van der Waals surface area contributed by atoms with Gasteiger partial charge in [0.25, 0.3) is 0 Å². The van der Waals surface area contributed by atoms with E-state index in [0.29, 0.717) is 24.8 Å². The number of hydrogen-bond donors (Lipinski definition) is 1. The highest BCUT2D eigenvalue weighted by molar-refractivity contribution is 7.09. The summed E-state index contributed by atoms with van der Waals surface area (Å²) in [4.78, 5) is 15.3. The van der Waals surface area contributed by atoms with Gasteiger partial charge in [-0.3, -0.25) is 4.79 Å². The highest BCUT2D eigenvalue weighted by Crippen LogP contribution is 2.16. The Bertz CT molecular complexity index is 362. The first-order valence-electron chi connectivity index (χ1n) is 6.99. The van der Waals surface area contributed by atoms with Crippen LogP contribution in [0, 0.1) is 11.8 Å². The number of rotatable bonds is 8. The Morgan fingerprint density at radius 2 is 2.21 bits per heavy atom. The van der Waals surface area contributed by atoms with Gasteiger partial charge in [0.15, 0.2) is 0 Å². The predicted octanol–water partition coefficient (Wildman–Crippen LogP) is 2.76. The molecule has 0 spiro atoms. The van der Waals surface area contributed by atoms with Gasteiger partial charge in [-0.2, -0.15) is 0 Å². The van der Waals surface area contributed by atoms with Gasteiger partial charge in [-0.05, 0) is 42.7 Å². The van der Waals surface area contributed by atoms with Crippen LogP contribution in [0.1, 0.15) is 31.6 Å². The SMILES string of the molecule is CC(C)CC(CN)CC(=O)N(C)CCc1cccs1. The van der Waals surface area contributed by atoms with Gasteiger partial charge < -0.3 is 10.6 Å². The third-order valence-corrected chi connectivity index (χ3v) is 4.24. The van der Waals surface area contributed by atoms with Crippen LogP contribution in [0.15, 0.2) is 17.5 Å². The summed E-state index contributed by atoms with van der Waals surface area (Å²) in [6.45, 7) is 5.74. The molecule has 0 aliphatic rings. The summed E-state index contributed by atoms with van der Waals surface area (Å²) in [6.07, 6.45) is 2.55. The fourth-order valence-electron chi connectivity index (χ4n) is 2.19. The van der Waals surface area contributed by atoms with Crippen LogP contribution in [0.3, 0.4) is 0 Å². The molecule has 1 heterocycles. The summed E-state index contributed by atoms with van der Waals surface area (Å²) >= 11 is 1.75. The van der Waals surface area contributed by atoms with Crippen molar-refractivity contribution in [2.75, 3.05) is 20.1 Å². The van der Waals surface area contributed by atoms with E-state index in [2.05, 4.69) is 31.4 Å². The van der Waals surface area contributed by atoms with Crippen LogP contribution in [0.5, 0.6) is 0 Å². The summed E-state index contributed by atoms with van der Waals surface area (Å²) in [5, 5.41) is 2.07. The number of carbonyl (C=O) groups excluding carboxylic acids is 1. The molecule has 0 bridgehead atoms. The third kappa shape index (κ3) is 6.21. The Hall–Kier alpha value is -0.870. The highest BCUT2D eigenvalue weighted by Gasteiger charge is 2.16. The number of carbonyl (C=O) groups is 1. The molecule has 3 nitrogen and oxygen atoms in total. The van der Waals surface area contributed by atoms with Gasteiger partial charge in [0.1, 0.15) is 0 Å². The first-order chi connectivity index (χ1) is 9.02. The minimum atomic E-state index is 0.215. The summed E-state index contributed by atoms with van der Waals surface area (Å²) < 4.78 is 0. The predicted molar refractivity (Wildman–Crippen MR) is 82.3 cm³/mol. The number of hydrogen-bond acceptors (Lipinski definition) is 3. The standard InChI is InChI=1S/C15H26N2OS/c1-12(2)9-13(11-16)10-15(18)17(3)7-6-14-5-4-8-19-14/h4-5,8,12-13H,6-7,9-11,16H2,1-3H3. The van der Waals surface area contributed by atoms with Crippen LogP contribution in [0.4, 0.5) is 0 Å². The molecule has 108 valence electrons. The van der Waals surface area contributed by atoms with Crippen molar-refractivity contribution in [2.45, 2.75) is 33.1 Å². The van der Waals surface area contributed by atoms with E-state index in [9.17, 15) is 4.79 Å². The number of nitrogens with zero attached hydrogens (tertiary/aromatic N) is 1. The summed E-state index contributed by atoms with van der Waals surface area (Å²) in [5.41, 5.74) is 5.75. The lowest BCUT2D eigenvalue weighted by molar-refractivity contribution is -0.130. The summed E-state index contributed by atoms with van der Waals surface area (Å²) in [6, 6.07) is 4.17. The Labute approximate surface area is 120 Å². The monoisotopic (exact) mass is 282 g/mol. The zero-order chi connectivity index (χ0) is 14.3. The molecule has 0 aromatic carbocycles. The van der Waals surface area contributed by atoms with Gasteiger partial charge in [0, 0.05) is 24.9 Å². The van der Waals surface area contributed by atoms with Crippen molar-refractivity contribution in [3.63, 3.8) is 0 Å². The van der Waals surface area contributed by atoms with E-state index in [1.165, 1.54) is 4.88 Å².